The molecule has 38 valence electrons. The molecule has 8 heavy (non-hydrogen) atoms. The first-order chi connectivity index (χ1) is 3.93. The van der Waals surface area contributed by atoms with Gasteiger partial charge in [0, 0.05) is 0 Å². The van der Waals surface area contributed by atoms with Crippen molar-refractivity contribution < 1.29 is 0 Å². The molecule has 0 amide bonds. The summed E-state index contributed by atoms with van der Waals surface area (Å²) in [6.45, 7) is 0. The summed E-state index contributed by atoms with van der Waals surface area (Å²) in [5.74, 6) is 2.20. The lowest BCUT2D eigenvalue weighted by Crippen LogP contribution is -1.60. The maximum absolute atomic E-state index is 6.57. The van der Waals surface area contributed by atoms with Gasteiger partial charge in [0.2, 0.25) is 0 Å². The van der Waals surface area contributed by atoms with E-state index >= 15 is 0 Å². The first-order valence-electron chi connectivity index (χ1n) is 2.40. The summed E-state index contributed by atoms with van der Waals surface area (Å²) in [6, 6.07) is 0. The van der Waals surface area contributed by atoms with Crippen LogP contribution in [0.5, 0.6) is 0 Å². The van der Waals surface area contributed by atoms with E-state index in [9.17, 15) is 0 Å². The SMILES string of the molecule is [C-]#CC=C1C=CC=C1. The molecule has 0 spiro atoms. The van der Waals surface area contributed by atoms with E-state index in [1.807, 2.05) is 24.3 Å². The zero-order valence-corrected chi connectivity index (χ0v) is 4.39. The van der Waals surface area contributed by atoms with Crippen molar-refractivity contribution in [3.63, 3.8) is 0 Å². The second-order valence-electron chi connectivity index (χ2n) is 1.51. The summed E-state index contributed by atoms with van der Waals surface area (Å²) in [5.41, 5.74) is 1.04. The third-order valence-corrected chi connectivity index (χ3v) is 0.927. The smallest absolute Gasteiger partial charge is 0.0632 e. The molecule has 0 aromatic carbocycles. The summed E-state index contributed by atoms with van der Waals surface area (Å²) in [7, 11) is 0. The third kappa shape index (κ3) is 0.886. The van der Waals surface area contributed by atoms with Crippen LogP contribution in [0.15, 0.2) is 36.0 Å². The average Bonchev–Trinajstić information content (AvgIpc) is 2.19. The third-order valence-electron chi connectivity index (χ3n) is 0.927. The zero-order valence-electron chi connectivity index (χ0n) is 4.39. The van der Waals surface area contributed by atoms with E-state index in [0.29, 0.717) is 0 Å². The Labute approximate surface area is 49.2 Å². The fourth-order valence-corrected chi connectivity index (χ4v) is 0.568. The van der Waals surface area contributed by atoms with Crippen LogP contribution in [0.4, 0.5) is 0 Å². The predicted octanol–water partition coefficient (Wildman–Crippen LogP) is 1.63. The number of hydrogen-bond acceptors (Lipinski definition) is 0. The summed E-state index contributed by atoms with van der Waals surface area (Å²) in [5, 5.41) is 0. The molecule has 1 aliphatic carbocycles. The molecule has 0 saturated heterocycles. The molecule has 0 unspecified atom stereocenters. The molecule has 0 radical (unpaired) electrons. The van der Waals surface area contributed by atoms with Crippen LogP contribution >= 0.6 is 0 Å². The van der Waals surface area contributed by atoms with Gasteiger partial charge in [-0.25, -0.2) is 0 Å². The Balaban J connectivity index is 2.79. The van der Waals surface area contributed by atoms with Crippen LogP contribution in [0.3, 0.4) is 0 Å². The summed E-state index contributed by atoms with van der Waals surface area (Å²) < 4.78 is 0. The van der Waals surface area contributed by atoms with Crippen molar-refractivity contribution in [3.8, 4) is 5.92 Å². The van der Waals surface area contributed by atoms with Gasteiger partial charge in [0.15, 0.2) is 0 Å². The van der Waals surface area contributed by atoms with Crippen LogP contribution in [-0.2, 0) is 0 Å². The predicted molar refractivity (Wildman–Crippen MR) is 33.5 cm³/mol. The minimum atomic E-state index is 1.04. The van der Waals surface area contributed by atoms with Gasteiger partial charge in [-0.3, -0.25) is 5.92 Å². The van der Waals surface area contributed by atoms with Gasteiger partial charge in [0.25, 0.3) is 0 Å². The number of allylic oxidation sites excluding steroid dienone is 6. The topological polar surface area (TPSA) is 0 Å². The van der Waals surface area contributed by atoms with E-state index in [2.05, 4.69) is 5.92 Å². The van der Waals surface area contributed by atoms with E-state index in [-0.39, 0.29) is 0 Å². The maximum Gasteiger partial charge on any atom is -0.0632 e. The van der Waals surface area contributed by atoms with Gasteiger partial charge in [0.05, 0.1) is 0 Å². The van der Waals surface area contributed by atoms with Crippen LogP contribution in [0, 0.1) is 12.3 Å². The molecule has 0 nitrogen and oxygen atoms in total. The molecule has 0 aromatic heterocycles. The molecule has 0 aliphatic heterocycles. The van der Waals surface area contributed by atoms with Crippen molar-refractivity contribution >= 4 is 0 Å². The Morgan fingerprint density at radius 2 is 2.00 bits per heavy atom. The first-order valence-corrected chi connectivity index (χ1v) is 2.40. The highest BCUT2D eigenvalue weighted by molar-refractivity contribution is 5.42. The van der Waals surface area contributed by atoms with Crippen molar-refractivity contribution in [1.82, 2.24) is 0 Å². The van der Waals surface area contributed by atoms with Crippen molar-refractivity contribution in [2.45, 2.75) is 0 Å². The highest BCUT2D eigenvalue weighted by Gasteiger charge is 1.80. The summed E-state index contributed by atoms with van der Waals surface area (Å²) in [6.07, 6.45) is 15.9. The van der Waals surface area contributed by atoms with Crippen LogP contribution in [0.1, 0.15) is 0 Å². The van der Waals surface area contributed by atoms with Gasteiger partial charge in [-0.2, -0.15) is 6.08 Å². The van der Waals surface area contributed by atoms with Crippen molar-refractivity contribution in [2.24, 2.45) is 0 Å². The minimum absolute atomic E-state index is 1.04. The zero-order chi connectivity index (χ0) is 5.82. The summed E-state index contributed by atoms with van der Waals surface area (Å²) in [4.78, 5) is 0. The highest BCUT2D eigenvalue weighted by Crippen LogP contribution is 2.04. The van der Waals surface area contributed by atoms with Crippen LogP contribution in [-0.4, -0.2) is 0 Å². The number of hydrogen-bond donors (Lipinski definition) is 0. The molecule has 0 heteroatoms. The highest BCUT2D eigenvalue weighted by atomic mass is 13.9. The lowest BCUT2D eigenvalue weighted by Gasteiger charge is -1.86. The molecule has 0 bridgehead atoms. The van der Waals surface area contributed by atoms with Crippen LogP contribution in [0.2, 0.25) is 0 Å². The van der Waals surface area contributed by atoms with Crippen molar-refractivity contribution in [1.29, 1.82) is 0 Å². The largest absolute Gasteiger partial charge is 0.366 e. The molecule has 1 rings (SSSR count). The van der Waals surface area contributed by atoms with E-state index < -0.39 is 0 Å². The van der Waals surface area contributed by atoms with Gasteiger partial charge in [0.1, 0.15) is 0 Å². The normalized spacial score (nSPS) is 14.1. The average molecular weight is 101 g/mol. The van der Waals surface area contributed by atoms with Crippen LogP contribution < -0.4 is 0 Å². The van der Waals surface area contributed by atoms with Gasteiger partial charge >= 0.3 is 0 Å². The Bertz CT molecular complexity index is 183. The molecule has 0 fully saturated rings. The van der Waals surface area contributed by atoms with Crippen LogP contribution in [0.25, 0.3) is 0 Å². The second-order valence-corrected chi connectivity index (χ2v) is 1.51. The van der Waals surface area contributed by atoms with Gasteiger partial charge < -0.3 is 6.42 Å². The molecule has 0 atom stereocenters. The second kappa shape index (κ2) is 2.18. The van der Waals surface area contributed by atoms with E-state index in [4.69, 9.17) is 6.42 Å². The fraction of sp³-hybridized carbons (Fsp3) is 0. The van der Waals surface area contributed by atoms with Crippen molar-refractivity contribution in [2.75, 3.05) is 0 Å². The monoisotopic (exact) mass is 101 g/mol. The first kappa shape index (κ1) is 4.93. The number of rotatable bonds is 0. The maximum atomic E-state index is 6.57. The quantitative estimate of drug-likeness (QED) is 0.321. The molecular weight excluding hydrogens is 96.1 g/mol. The van der Waals surface area contributed by atoms with Gasteiger partial charge in [-0.1, -0.05) is 29.9 Å². The molecule has 1 aliphatic rings. The van der Waals surface area contributed by atoms with E-state index in [1.54, 1.807) is 6.08 Å². The van der Waals surface area contributed by atoms with Crippen molar-refractivity contribution in [3.05, 3.63) is 42.4 Å². The molecular formula is C8H5-. The molecule has 0 heterocycles. The standard InChI is InChI=1S/C8H5/c1-2-5-8-6-3-4-7-8/h3-7H/q-1. The Hall–Kier alpha value is -1.22. The fourth-order valence-electron chi connectivity index (χ4n) is 0.568. The molecule has 0 aromatic rings. The van der Waals surface area contributed by atoms with Gasteiger partial charge in [-0.15, -0.1) is 0 Å². The summed E-state index contributed by atoms with van der Waals surface area (Å²) >= 11 is 0. The Kier molecular flexibility index (Phi) is 1.34. The Morgan fingerprint density at radius 1 is 1.38 bits per heavy atom. The van der Waals surface area contributed by atoms with E-state index in [1.165, 1.54) is 0 Å². The minimum Gasteiger partial charge on any atom is -0.366 e. The molecule has 0 saturated carbocycles. The lowest BCUT2D eigenvalue weighted by molar-refractivity contribution is 1.79. The Morgan fingerprint density at radius 3 is 2.50 bits per heavy atom. The van der Waals surface area contributed by atoms with E-state index in [0.717, 1.165) is 5.57 Å². The molecule has 0 N–H and O–H groups in total. The van der Waals surface area contributed by atoms with Gasteiger partial charge in [-0.05, 0) is 0 Å². The lowest BCUT2D eigenvalue weighted by atomic mass is 10.3.